The fraction of sp³-hybridized carbons (Fsp3) is 0.235. The Morgan fingerprint density at radius 3 is 2.74 bits per heavy atom. The number of hydrogen-bond acceptors (Lipinski definition) is 3. The predicted molar refractivity (Wildman–Crippen MR) is 92.5 cm³/mol. The van der Waals surface area contributed by atoms with Gasteiger partial charge in [-0.1, -0.05) is 29.8 Å². The van der Waals surface area contributed by atoms with Crippen molar-refractivity contribution in [3.63, 3.8) is 0 Å². The second-order valence-electron chi connectivity index (χ2n) is 4.78. The van der Waals surface area contributed by atoms with E-state index in [1.165, 1.54) is 23.8 Å². The number of thioether (sulfide) groups is 1. The van der Waals surface area contributed by atoms with E-state index in [4.69, 9.17) is 16.3 Å². The molecule has 3 nitrogen and oxygen atoms in total. The Labute approximate surface area is 144 Å². The number of halogens is 2. The summed E-state index contributed by atoms with van der Waals surface area (Å²) in [5.41, 5.74) is 1.19. The van der Waals surface area contributed by atoms with Crippen molar-refractivity contribution in [3.05, 3.63) is 64.9 Å². The van der Waals surface area contributed by atoms with E-state index in [1.54, 1.807) is 17.8 Å². The number of nitrogens with one attached hydrogen (secondary N) is 1. The maximum absolute atomic E-state index is 13.0. The molecule has 23 heavy (non-hydrogen) atoms. The fourth-order valence-electron chi connectivity index (χ4n) is 1.79. The number of hydrogen-bond donors (Lipinski definition) is 1. The molecule has 1 N–H and O–H groups in total. The SMILES string of the molecule is O=C(COc1cccc(F)c1)NCCSCc1ccc(Cl)cc1. The van der Waals surface area contributed by atoms with Crippen LogP contribution in [-0.4, -0.2) is 24.8 Å². The van der Waals surface area contributed by atoms with Crippen molar-refractivity contribution in [3.8, 4) is 5.75 Å². The molecule has 6 heteroatoms. The molecule has 0 saturated heterocycles. The van der Waals surface area contributed by atoms with E-state index in [-0.39, 0.29) is 18.3 Å². The molecule has 0 saturated carbocycles. The molecule has 2 aromatic carbocycles. The zero-order chi connectivity index (χ0) is 16.5. The van der Waals surface area contributed by atoms with Gasteiger partial charge < -0.3 is 10.1 Å². The first-order chi connectivity index (χ1) is 11.1. The molecule has 0 heterocycles. The van der Waals surface area contributed by atoms with Crippen LogP contribution in [0.5, 0.6) is 5.75 Å². The Kier molecular flexibility index (Phi) is 7.23. The first-order valence-electron chi connectivity index (χ1n) is 7.11. The van der Waals surface area contributed by atoms with Crippen molar-refractivity contribution in [1.29, 1.82) is 0 Å². The zero-order valence-electron chi connectivity index (χ0n) is 12.4. The van der Waals surface area contributed by atoms with Gasteiger partial charge >= 0.3 is 0 Å². The van der Waals surface area contributed by atoms with Gasteiger partial charge in [0.05, 0.1) is 0 Å². The van der Waals surface area contributed by atoms with Gasteiger partial charge in [-0.25, -0.2) is 4.39 Å². The molecule has 0 atom stereocenters. The molecular weight excluding hydrogens is 337 g/mol. The molecule has 0 aromatic heterocycles. The second-order valence-corrected chi connectivity index (χ2v) is 6.32. The molecule has 2 rings (SSSR count). The number of rotatable bonds is 8. The molecule has 0 aliphatic rings. The third kappa shape index (κ3) is 6.93. The van der Waals surface area contributed by atoms with Crippen LogP contribution in [0.25, 0.3) is 0 Å². The van der Waals surface area contributed by atoms with Crippen LogP contribution >= 0.6 is 23.4 Å². The van der Waals surface area contributed by atoms with Gasteiger partial charge in [0.1, 0.15) is 11.6 Å². The van der Waals surface area contributed by atoms with E-state index in [1.807, 2.05) is 24.3 Å². The van der Waals surface area contributed by atoms with E-state index in [0.29, 0.717) is 12.3 Å². The highest BCUT2D eigenvalue weighted by Gasteiger charge is 2.03. The molecule has 122 valence electrons. The summed E-state index contributed by atoms with van der Waals surface area (Å²) in [6, 6.07) is 13.4. The van der Waals surface area contributed by atoms with E-state index in [2.05, 4.69) is 5.32 Å². The van der Waals surface area contributed by atoms with Crippen LogP contribution in [0.3, 0.4) is 0 Å². The van der Waals surface area contributed by atoms with Gasteiger partial charge in [0.2, 0.25) is 0 Å². The molecule has 1 amide bonds. The lowest BCUT2D eigenvalue weighted by molar-refractivity contribution is -0.122. The lowest BCUT2D eigenvalue weighted by atomic mass is 10.2. The summed E-state index contributed by atoms with van der Waals surface area (Å²) in [7, 11) is 0. The van der Waals surface area contributed by atoms with Crippen molar-refractivity contribution >= 4 is 29.3 Å². The number of carbonyl (C=O) groups excluding carboxylic acids is 1. The summed E-state index contributed by atoms with van der Waals surface area (Å²) < 4.78 is 18.2. The Hall–Kier alpha value is -1.72. The van der Waals surface area contributed by atoms with Gasteiger partial charge in [-0.05, 0) is 29.8 Å². The third-order valence-corrected chi connectivity index (χ3v) is 4.20. The Morgan fingerprint density at radius 1 is 1.22 bits per heavy atom. The second kappa shape index (κ2) is 9.43. The van der Waals surface area contributed by atoms with Gasteiger partial charge in [0.25, 0.3) is 5.91 Å². The number of ether oxygens (including phenoxy) is 1. The lowest BCUT2D eigenvalue weighted by Gasteiger charge is -2.07. The van der Waals surface area contributed by atoms with Gasteiger partial charge in [-0.15, -0.1) is 0 Å². The quantitative estimate of drug-likeness (QED) is 0.731. The summed E-state index contributed by atoms with van der Waals surface area (Å²) in [6.07, 6.45) is 0. The van der Waals surface area contributed by atoms with Crippen molar-refractivity contribution in [2.24, 2.45) is 0 Å². The minimum absolute atomic E-state index is 0.120. The zero-order valence-corrected chi connectivity index (χ0v) is 14.0. The third-order valence-electron chi connectivity index (χ3n) is 2.92. The minimum Gasteiger partial charge on any atom is -0.484 e. The van der Waals surface area contributed by atoms with Gasteiger partial charge in [0, 0.05) is 29.1 Å². The highest BCUT2D eigenvalue weighted by molar-refractivity contribution is 7.98. The highest BCUT2D eigenvalue weighted by Crippen LogP contribution is 2.15. The molecule has 0 aliphatic heterocycles. The predicted octanol–water partition coefficient (Wildman–Crippen LogP) is 3.91. The van der Waals surface area contributed by atoms with Crippen molar-refractivity contribution in [2.75, 3.05) is 18.9 Å². The molecule has 0 spiro atoms. The smallest absolute Gasteiger partial charge is 0.257 e. The van der Waals surface area contributed by atoms with Crippen molar-refractivity contribution in [2.45, 2.75) is 5.75 Å². The maximum Gasteiger partial charge on any atom is 0.257 e. The average Bonchev–Trinajstić information content (AvgIpc) is 2.54. The van der Waals surface area contributed by atoms with Crippen LogP contribution < -0.4 is 10.1 Å². The molecule has 2 aromatic rings. The highest BCUT2D eigenvalue weighted by atomic mass is 35.5. The number of amides is 1. The van der Waals surface area contributed by atoms with Crippen LogP contribution in [0.15, 0.2) is 48.5 Å². The summed E-state index contributed by atoms with van der Waals surface area (Å²) in [5.74, 6) is 1.40. The van der Waals surface area contributed by atoms with Crippen molar-refractivity contribution in [1.82, 2.24) is 5.32 Å². The van der Waals surface area contributed by atoms with Crippen LogP contribution in [0.4, 0.5) is 4.39 Å². The Balaban J connectivity index is 1.57. The lowest BCUT2D eigenvalue weighted by Crippen LogP contribution is -2.30. The van der Waals surface area contributed by atoms with E-state index >= 15 is 0 Å². The van der Waals surface area contributed by atoms with E-state index in [0.717, 1.165) is 16.5 Å². The summed E-state index contributed by atoms with van der Waals surface area (Å²) in [5, 5.41) is 3.49. The topological polar surface area (TPSA) is 38.3 Å². The molecule has 0 aliphatic carbocycles. The average molecular weight is 354 g/mol. The molecule has 0 fully saturated rings. The van der Waals surface area contributed by atoms with Crippen LogP contribution in [0.2, 0.25) is 5.02 Å². The molecule has 0 bridgehead atoms. The molecule has 0 unspecified atom stereocenters. The summed E-state index contributed by atoms with van der Waals surface area (Å²) in [6.45, 7) is 0.439. The standard InChI is InChI=1S/C17H17ClFNO2S/c18-14-6-4-13(5-7-14)12-23-9-8-20-17(21)11-22-16-3-1-2-15(19)10-16/h1-7,10H,8-9,11-12H2,(H,20,21). The Bertz CT molecular complexity index is 637. The summed E-state index contributed by atoms with van der Waals surface area (Å²) in [4.78, 5) is 11.6. The first-order valence-corrected chi connectivity index (χ1v) is 8.64. The largest absolute Gasteiger partial charge is 0.484 e. The van der Waals surface area contributed by atoms with E-state index in [9.17, 15) is 9.18 Å². The monoisotopic (exact) mass is 353 g/mol. The maximum atomic E-state index is 13.0. The van der Waals surface area contributed by atoms with Crippen LogP contribution in [-0.2, 0) is 10.5 Å². The van der Waals surface area contributed by atoms with Gasteiger partial charge in [0.15, 0.2) is 6.61 Å². The molecule has 0 radical (unpaired) electrons. The first kappa shape index (κ1) is 17.6. The van der Waals surface area contributed by atoms with Gasteiger partial charge in [-0.2, -0.15) is 11.8 Å². The van der Waals surface area contributed by atoms with Gasteiger partial charge in [-0.3, -0.25) is 4.79 Å². The van der Waals surface area contributed by atoms with E-state index < -0.39 is 0 Å². The number of benzene rings is 2. The van der Waals surface area contributed by atoms with Crippen molar-refractivity contribution < 1.29 is 13.9 Å². The normalized spacial score (nSPS) is 10.3. The van der Waals surface area contributed by atoms with Crippen LogP contribution in [0.1, 0.15) is 5.56 Å². The minimum atomic E-state index is -0.387. The van der Waals surface area contributed by atoms with Crippen LogP contribution in [0, 0.1) is 5.82 Å². The summed E-state index contributed by atoms with van der Waals surface area (Å²) >= 11 is 7.55. The fourth-order valence-corrected chi connectivity index (χ4v) is 2.73. The Morgan fingerprint density at radius 2 is 2.00 bits per heavy atom. The number of carbonyl (C=O) groups is 1. The molecular formula is C17H17ClFNO2S.